The number of aliphatic carboxylic acids is 1. The third-order valence-electron chi connectivity index (χ3n) is 4.41. The molecule has 0 aliphatic carbocycles. The van der Waals surface area contributed by atoms with E-state index >= 15 is 0 Å². The summed E-state index contributed by atoms with van der Waals surface area (Å²) in [6.45, 7) is 0. The molecule has 0 spiro atoms. The Bertz CT molecular complexity index is 1280. The summed E-state index contributed by atoms with van der Waals surface area (Å²) in [7, 11) is -4.08. The molecule has 4 rings (SSSR count). The molecule has 0 aliphatic heterocycles. The van der Waals surface area contributed by atoms with Crippen LogP contribution in [0.1, 0.15) is 5.82 Å². The Balaban J connectivity index is 1.55. The molecule has 4 aromatic rings. The molecular formula is C20H16FN3O4S2. The highest BCUT2D eigenvalue weighted by atomic mass is 32.2. The molecule has 2 aromatic carbocycles. The highest BCUT2D eigenvalue weighted by Crippen LogP contribution is 2.31. The Morgan fingerprint density at radius 3 is 2.57 bits per heavy atom. The number of nitrogens with one attached hydrogen (secondary N) is 2. The van der Waals surface area contributed by atoms with Gasteiger partial charge in [0.2, 0.25) is 0 Å². The Kier molecular flexibility index (Phi) is 5.37. The van der Waals surface area contributed by atoms with E-state index in [4.69, 9.17) is 0 Å². The van der Waals surface area contributed by atoms with Crippen LogP contribution in [0.4, 0.5) is 4.39 Å². The number of thiophene rings is 1. The molecule has 30 heavy (non-hydrogen) atoms. The molecule has 0 saturated carbocycles. The minimum absolute atomic E-state index is 0.0299. The molecule has 0 fully saturated rings. The van der Waals surface area contributed by atoms with Gasteiger partial charge in [-0.05, 0) is 42.0 Å². The minimum atomic E-state index is -4.08. The first kappa shape index (κ1) is 20.2. The number of fused-ring (bicyclic) bond motifs is 1. The monoisotopic (exact) mass is 445 g/mol. The lowest BCUT2D eigenvalue weighted by Crippen LogP contribution is -2.42. The average Bonchev–Trinajstić information content (AvgIpc) is 3.35. The summed E-state index contributed by atoms with van der Waals surface area (Å²) in [5.74, 6) is -1.33. The Morgan fingerprint density at radius 1 is 1.13 bits per heavy atom. The highest BCUT2D eigenvalue weighted by molar-refractivity contribution is 7.91. The maximum absolute atomic E-state index is 13.1. The quantitative estimate of drug-likeness (QED) is 0.404. The van der Waals surface area contributed by atoms with E-state index in [0.29, 0.717) is 21.8 Å². The van der Waals surface area contributed by atoms with Crippen molar-refractivity contribution in [3.05, 3.63) is 72.3 Å². The minimum Gasteiger partial charge on any atom is -0.480 e. The van der Waals surface area contributed by atoms with Gasteiger partial charge in [-0.25, -0.2) is 17.8 Å². The molecule has 0 aliphatic rings. The lowest BCUT2D eigenvalue weighted by atomic mass is 10.2. The molecule has 0 saturated heterocycles. The SMILES string of the molecule is O=C(O)[C@H](Cc1nc2ccccc2[nH]1)NS(=O)(=O)c1ccc(-c2ccc(F)cc2)s1. The number of hydrogen-bond acceptors (Lipinski definition) is 5. The van der Waals surface area contributed by atoms with Gasteiger partial charge in [0.1, 0.15) is 21.9 Å². The summed E-state index contributed by atoms with van der Waals surface area (Å²) >= 11 is 0.973. The third kappa shape index (κ3) is 4.25. The summed E-state index contributed by atoms with van der Waals surface area (Å²) in [5.41, 5.74) is 2.07. The van der Waals surface area contributed by atoms with Gasteiger partial charge in [0.15, 0.2) is 0 Å². The number of benzene rings is 2. The third-order valence-corrected chi connectivity index (χ3v) is 7.50. The molecule has 10 heteroatoms. The number of H-pyrrole nitrogens is 1. The molecule has 2 heterocycles. The van der Waals surface area contributed by atoms with Gasteiger partial charge in [-0.15, -0.1) is 11.3 Å². The van der Waals surface area contributed by atoms with Crippen molar-refractivity contribution in [2.24, 2.45) is 0 Å². The van der Waals surface area contributed by atoms with Gasteiger partial charge >= 0.3 is 5.97 Å². The molecule has 0 amide bonds. The number of nitrogens with zero attached hydrogens (tertiary/aromatic N) is 1. The van der Waals surface area contributed by atoms with Crippen LogP contribution in [0.15, 0.2) is 64.9 Å². The maximum atomic E-state index is 13.1. The van der Waals surface area contributed by atoms with E-state index in [2.05, 4.69) is 14.7 Å². The van der Waals surface area contributed by atoms with Crippen LogP contribution in [-0.2, 0) is 21.2 Å². The highest BCUT2D eigenvalue weighted by Gasteiger charge is 2.28. The van der Waals surface area contributed by atoms with Crippen molar-refractivity contribution in [1.29, 1.82) is 0 Å². The van der Waals surface area contributed by atoms with Gasteiger partial charge in [0.05, 0.1) is 11.0 Å². The van der Waals surface area contributed by atoms with Crippen LogP contribution < -0.4 is 4.72 Å². The number of carbonyl (C=O) groups is 1. The van der Waals surface area contributed by atoms with Crippen molar-refractivity contribution in [2.45, 2.75) is 16.7 Å². The van der Waals surface area contributed by atoms with Gasteiger partial charge in [-0.3, -0.25) is 4.79 Å². The molecule has 154 valence electrons. The van der Waals surface area contributed by atoms with Crippen molar-refractivity contribution < 1.29 is 22.7 Å². The predicted octanol–water partition coefficient (Wildman–Crippen LogP) is 3.40. The largest absolute Gasteiger partial charge is 0.480 e. The fourth-order valence-corrected chi connectivity index (χ4v) is 5.47. The summed E-state index contributed by atoms with van der Waals surface area (Å²) in [6.07, 6.45) is -0.139. The zero-order valence-corrected chi connectivity index (χ0v) is 17.0. The number of imidazole rings is 1. The number of hydrogen-bond donors (Lipinski definition) is 3. The zero-order valence-electron chi connectivity index (χ0n) is 15.4. The van der Waals surface area contributed by atoms with Gasteiger partial charge < -0.3 is 10.1 Å². The van der Waals surface area contributed by atoms with Crippen LogP contribution in [0.2, 0.25) is 0 Å². The summed E-state index contributed by atoms with van der Waals surface area (Å²) in [5, 5.41) is 9.53. The molecule has 2 aromatic heterocycles. The second-order valence-electron chi connectivity index (χ2n) is 6.54. The Morgan fingerprint density at radius 2 is 1.87 bits per heavy atom. The van der Waals surface area contributed by atoms with Crippen LogP contribution >= 0.6 is 11.3 Å². The maximum Gasteiger partial charge on any atom is 0.322 e. The fourth-order valence-electron chi connectivity index (χ4n) is 2.95. The number of aromatic amines is 1. The number of rotatable bonds is 7. The number of para-hydroxylation sites is 2. The molecule has 0 unspecified atom stereocenters. The van der Waals surface area contributed by atoms with Crippen molar-refractivity contribution in [2.75, 3.05) is 0 Å². The van der Waals surface area contributed by atoms with Crippen molar-refractivity contribution >= 4 is 38.4 Å². The standard InChI is InChI=1S/C20H16FN3O4S2/c21-13-7-5-12(6-8-13)17-9-10-19(29-17)30(27,28)24-16(20(25)26)11-18-22-14-3-1-2-4-15(14)23-18/h1-10,16,24H,11H2,(H,22,23)(H,25,26)/t16-/m0/s1. The average molecular weight is 445 g/mol. The number of carboxylic acids is 1. The van der Waals surface area contributed by atoms with Gasteiger partial charge in [-0.1, -0.05) is 24.3 Å². The van der Waals surface area contributed by atoms with Crippen LogP contribution in [0.25, 0.3) is 21.5 Å². The van der Waals surface area contributed by atoms with Crippen LogP contribution in [0, 0.1) is 5.82 Å². The van der Waals surface area contributed by atoms with E-state index in [0.717, 1.165) is 16.9 Å². The van der Waals surface area contributed by atoms with Crippen LogP contribution in [0.3, 0.4) is 0 Å². The van der Waals surface area contributed by atoms with E-state index in [1.54, 1.807) is 36.4 Å². The number of sulfonamides is 1. The molecule has 7 nitrogen and oxygen atoms in total. The lowest BCUT2D eigenvalue weighted by Gasteiger charge is -2.12. The number of carboxylic acid groups (broad SMARTS) is 1. The first-order valence-electron chi connectivity index (χ1n) is 8.86. The first-order chi connectivity index (χ1) is 14.3. The van der Waals surface area contributed by atoms with Crippen molar-refractivity contribution in [3.8, 4) is 10.4 Å². The Hall–Kier alpha value is -3.08. The van der Waals surface area contributed by atoms with Crippen LogP contribution in [-0.4, -0.2) is 35.5 Å². The van der Waals surface area contributed by atoms with E-state index in [1.165, 1.54) is 18.2 Å². The smallest absolute Gasteiger partial charge is 0.322 e. The summed E-state index contributed by atoms with van der Waals surface area (Å²) < 4.78 is 40.8. The van der Waals surface area contributed by atoms with Gasteiger partial charge in [0, 0.05) is 11.3 Å². The van der Waals surface area contributed by atoms with E-state index in [-0.39, 0.29) is 16.4 Å². The summed E-state index contributed by atoms with van der Waals surface area (Å²) in [4.78, 5) is 19.6. The summed E-state index contributed by atoms with van der Waals surface area (Å²) in [6, 6.07) is 14.5. The fraction of sp³-hybridized carbons (Fsp3) is 0.100. The molecular weight excluding hydrogens is 429 g/mol. The van der Waals surface area contributed by atoms with E-state index in [1.807, 2.05) is 6.07 Å². The first-order valence-corrected chi connectivity index (χ1v) is 11.2. The topological polar surface area (TPSA) is 112 Å². The van der Waals surface area contributed by atoms with E-state index in [9.17, 15) is 22.7 Å². The number of aromatic nitrogens is 2. The second kappa shape index (κ2) is 7.98. The van der Waals surface area contributed by atoms with Gasteiger partial charge in [0.25, 0.3) is 10.0 Å². The van der Waals surface area contributed by atoms with Crippen molar-refractivity contribution in [1.82, 2.24) is 14.7 Å². The molecule has 0 radical (unpaired) electrons. The lowest BCUT2D eigenvalue weighted by molar-refractivity contribution is -0.138. The number of halogens is 1. The van der Waals surface area contributed by atoms with E-state index < -0.39 is 22.0 Å². The molecule has 3 N–H and O–H groups in total. The normalized spacial score (nSPS) is 12.8. The molecule has 1 atom stereocenters. The van der Waals surface area contributed by atoms with Crippen LogP contribution in [0.5, 0.6) is 0 Å². The van der Waals surface area contributed by atoms with Crippen molar-refractivity contribution in [3.63, 3.8) is 0 Å². The second-order valence-corrected chi connectivity index (χ2v) is 9.57. The predicted molar refractivity (Wildman–Crippen MR) is 111 cm³/mol. The Labute approximate surface area is 175 Å². The molecule has 0 bridgehead atoms. The van der Waals surface area contributed by atoms with Gasteiger partial charge in [-0.2, -0.15) is 4.72 Å². The zero-order chi connectivity index (χ0) is 21.3.